The van der Waals surface area contributed by atoms with Crippen LogP contribution in [-0.4, -0.2) is 9.97 Å². The fourth-order valence-electron chi connectivity index (χ4n) is 0.986. The molecule has 0 spiro atoms. The van der Waals surface area contributed by atoms with Crippen molar-refractivity contribution < 1.29 is 0 Å². The third-order valence-corrected chi connectivity index (χ3v) is 3.58. The highest BCUT2D eigenvalue weighted by Crippen LogP contribution is 2.27. The quantitative estimate of drug-likeness (QED) is 0.737. The second-order valence-electron chi connectivity index (χ2n) is 2.45. The van der Waals surface area contributed by atoms with Gasteiger partial charge in [0.1, 0.15) is 5.15 Å². The lowest BCUT2D eigenvalue weighted by Crippen LogP contribution is -1.84. The fraction of sp³-hybridized carbons (Fsp3) is 0. The summed E-state index contributed by atoms with van der Waals surface area (Å²) in [5, 5.41) is 0.404. The van der Waals surface area contributed by atoms with Gasteiger partial charge in [0, 0.05) is 8.95 Å². The average molecular weight is 322 g/mol. The molecule has 0 bridgehead atoms. The van der Waals surface area contributed by atoms with Crippen molar-refractivity contribution in [1.29, 1.82) is 0 Å². The van der Waals surface area contributed by atoms with Crippen LogP contribution in [0, 0.1) is 0 Å². The number of nitrogens with zero attached hydrogens (tertiary/aromatic N) is 2. The minimum atomic E-state index is 0.404. The molecule has 5 heteroatoms. The number of benzene rings is 1. The molecule has 2 nitrogen and oxygen atoms in total. The second kappa shape index (κ2) is 3.52. The van der Waals surface area contributed by atoms with Crippen LogP contribution in [0.2, 0.25) is 5.15 Å². The standard InChI is InChI=1S/C8H3Br2ClN2/c9-4-1-6-7(2-5(4)10)13-8(11)3-12-6/h1-3H. The van der Waals surface area contributed by atoms with Crippen LogP contribution in [0.1, 0.15) is 0 Å². The Balaban J connectivity index is 2.81. The summed E-state index contributed by atoms with van der Waals surface area (Å²) in [7, 11) is 0. The SMILES string of the molecule is Clc1cnc2cc(Br)c(Br)cc2n1. The van der Waals surface area contributed by atoms with Crippen molar-refractivity contribution >= 4 is 54.5 Å². The summed E-state index contributed by atoms with van der Waals surface area (Å²) in [6, 6.07) is 3.76. The van der Waals surface area contributed by atoms with Gasteiger partial charge in [0.05, 0.1) is 17.2 Å². The van der Waals surface area contributed by atoms with Crippen LogP contribution in [-0.2, 0) is 0 Å². The van der Waals surface area contributed by atoms with E-state index in [1.807, 2.05) is 12.1 Å². The largest absolute Gasteiger partial charge is 0.251 e. The van der Waals surface area contributed by atoms with Gasteiger partial charge < -0.3 is 0 Å². The molecule has 0 unspecified atom stereocenters. The van der Waals surface area contributed by atoms with Crippen molar-refractivity contribution in [1.82, 2.24) is 9.97 Å². The first-order valence-electron chi connectivity index (χ1n) is 3.44. The molecule has 0 radical (unpaired) electrons. The molecule has 0 aliphatic heterocycles. The number of halogens is 3. The summed E-state index contributed by atoms with van der Waals surface area (Å²) < 4.78 is 1.90. The molecular formula is C8H3Br2ClN2. The lowest BCUT2D eigenvalue weighted by Gasteiger charge is -1.99. The number of hydrogen-bond acceptors (Lipinski definition) is 2. The highest BCUT2D eigenvalue weighted by atomic mass is 79.9. The molecule has 0 fully saturated rings. The van der Waals surface area contributed by atoms with Crippen LogP contribution >= 0.6 is 43.5 Å². The Labute approximate surface area is 96.6 Å². The van der Waals surface area contributed by atoms with E-state index in [1.165, 1.54) is 6.20 Å². The molecule has 2 aromatic rings. The smallest absolute Gasteiger partial charge is 0.148 e. The van der Waals surface area contributed by atoms with Crippen molar-refractivity contribution in [3.05, 3.63) is 32.4 Å². The fourth-order valence-corrected chi connectivity index (χ4v) is 1.79. The maximum Gasteiger partial charge on any atom is 0.148 e. The summed E-state index contributed by atoms with van der Waals surface area (Å²) in [5.74, 6) is 0. The van der Waals surface area contributed by atoms with E-state index in [0.717, 1.165) is 20.0 Å². The normalized spacial score (nSPS) is 10.7. The summed E-state index contributed by atoms with van der Waals surface area (Å²) in [4.78, 5) is 8.27. The highest BCUT2D eigenvalue weighted by Gasteiger charge is 2.02. The van der Waals surface area contributed by atoms with Gasteiger partial charge in [0.15, 0.2) is 0 Å². The van der Waals surface area contributed by atoms with Crippen LogP contribution in [0.4, 0.5) is 0 Å². The van der Waals surface area contributed by atoms with E-state index >= 15 is 0 Å². The molecule has 0 amide bonds. The van der Waals surface area contributed by atoms with Gasteiger partial charge in [0.2, 0.25) is 0 Å². The molecule has 13 heavy (non-hydrogen) atoms. The minimum Gasteiger partial charge on any atom is -0.251 e. The lowest BCUT2D eigenvalue weighted by molar-refractivity contribution is 1.29. The van der Waals surface area contributed by atoms with Gasteiger partial charge in [-0.2, -0.15) is 0 Å². The highest BCUT2D eigenvalue weighted by molar-refractivity contribution is 9.13. The van der Waals surface area contributed by atoms with E-state index in [2.05, 4.69) is 41.8 Å². The predicted molar refractivity (Wildman–Crippen MR) is 59.9 cm³/mol. The number of aromatic nitrogens is 2. The van der Waals surface area contributed by atoms with Crippen molar-refractivity contribution in [2.45, 2.75) is 0 Å². The first kappa shape index (κ1) is 9.37. The molecule has 2 rings (SSSR count). The third-order valence-electron chi connectivity index (χ3n) is 1.55. The number of hydrogen-bond donors (Lipinski definition) is 0. The summed E-state index contributed by atoms with van der Waals surface area (Å²) in [5.41, 5.74) is 1.60. The minimum absolute atomic E-state index is 0.404. The summed E-state index contributed by atoms with van der Waals surface area (Å²) in [6.07, 6.45) is 1.53. The van der Waals surface area contributed by atoms with Crippen LogP contribution in [0.15, 0.2) is 27.3 Å². The van der Waals surface area contributed by atoms with E-state index < -0.39 is 0 Å². The van der Waals surface area contributed by atoms with Gasteiger partial charge in [-0.1, -0.05) is 11.6 Å². The predicted octanol–water partition coefficient (Wildman–Crippen LogP) is 3.81. The van der Waals surface area contributed by atoms with Crippen molar-refractivity contribution in [3.8, 4) is 0 Å². The Morgan fingerprint density at radius 2 is 1.69 bits per heavy atom. The van der Waals surface area contributed by atoms with Gasteiger partial charge >= 0.3 is 0 Å². The van der Waals surface area contributed by atoms with E-state index in [9.17, 15) is 0 Å². The Morgan fingerprint density at radius 1 is 1.08 bits per heavy atom. The molecule has 66 valence electrons. The van der Waals surface area contributed by atoms with Gasteiger partial charge in [-0.3, -0.25) is 4.98 Å². The van der Waals surface area contributed by atoms with Crippen molar-refractivity contribution in [2.24, 2.45) is 0 Å². The Kier molecular flexibility index (Phi) is 2.53. The lowest BCUT2D eigenvalue weighted by atomic mass is 10.3. The number of fused-ring (bicyclic) bond motifs is 1. The molecule has 0 aliphatic carbocycles. The first-order valence-corrected chi connectivity index (χ1v) is 5.40. The Bertz CT molecular complexity index is 473. The average Bonchev–Trinajstić information content (AvgIpc) is 2.08. The Hall–Kier alpha value is -0.190. The maximum atomic E-state index is 5.71. The van der Waals surface area contributed by atoms with Crippen LogP contribution in [0.3, 0.4) is 0 Å². The van der Waals surface area contributed by atoms with Crippen LogP contribution in [0.25, 0.3) is 11.0 Å². The summed E-state index contributed by atoms with van der Waals surface area (Å²) in [6.45, 7) is 0. The van der Waals surface area contributed by atoms with Crippen molar-refractivity contribution in [3.63, 3.8) is 0 Å². The monoisotopic (exact) mass is 320 g/mol. The molecule has 1 aromatic carbocycles. The first-order chi connectivity index (χ1) is 6.16. The van der Waals surface area contributed by atoms with Gasteiger partial charge in [-0.15, -0.1) is 0 Å². The molecular weight excluding hydrogens is 319 g/mol. The molecule has 1 heterocycles. The number of rotatable bonds is 0. The third kappa shape index (κ3) is 1.85. The van der Waals surface area contributed by atoms with Gasteiger partial charge in [-0.25, -0.2) is 4.98 Å². The van der Waals surface area contributed by atoms with Gasteiger partial charge in [-0.05, 0) is 44.0 Å². The molecule has 0 saturated carbocycles. The van der Waals surface area contributed by atoms with Crippen LogP contribution < -0.4 is 0 Å². The molecule has 0 N–H and O–H groups in total. The maximum absolute atomic E-state index is 5.71. The van der Waals surface area contributed by atoms with Crippen LogP contribution in [0.5, 0.6) is 0 Å². The summed E-state index contributed by atoms with van der Waals surface area (Å²) >= 11 is 12.5. The Morgan fingerprint density at radius 3 is 2.38 bits per heavy atom. The second-order valence-corrected chi connectivity index (χ2v) is 4.54. The molecule has 1 aromatic heterocycles. The van der Waals surface area contributed by atoms with Crippen molar-refractivity contribution in [2.75, 3.05) is 0 Å². The zero-order valence-electron chi connectivity index (χ0n) is 6.26. The van der Waals surface area contributed by atoms with E-state index in [4.69, 9.17) is 11.6 Å². The molecule has 0 aliphatic rings. The molecule has 0 atom stereocenters. The molecule has 0 saturated heterocycles. The van der Waals surface area contributed by atoms with E-state index in [-0.39, 0.29) is 0 Å². The zero-order valence-corrected chi connectivity index (χ0v) is 10.2. The van der Waals surface area contributed by atoms with E-state index in [0.29, 0.717) is 5.15 Å². The van der Waals surface area contributed by atoms with Gasteiger partial charge in [0.25, 0.3) is 0 Å². The van der Waals surface area contributed by atoms with E-state index in [1.54, 1.807) is 0 Å². The zero-order chi connectivity index (χ0) is 9.42. The topological polar surface area (TPSA) is 25.8 Å².